The molecule has 11 aromatic carbocycles. The van der Waals surface area contributed by atoms with Crippen LogP contribution in [0.4, 0.5) is 34.1 Å². The number of rotatable bonds is 10. The predicted octanol–water partition coefficient (Wildman–Crippen LogP) is 18.2. The Bertz CT molecular complexity index is 3690. The molecule has 0 saturated carbocycles. The topological polar surface area (TPSA) is 16.3 Å². The highest BCUT2D eigenvalue weighted by atomic mass is 15.2. The van der Waals surface area contributed by atoms with Gasteiger partial charge in [0.25, 0.3) is 0 Å². The molecular weight excluding hydrogens is 849 g/mol. The van der Waals surface area contributed by atoms with Crippen molar-refractivity contribution in [2.45, 2.75) is 0 Å². The normalized spacial score (nSPS) is 11.4. The molecule has 330 valence electrons. The number of fused-ring (bicyclic) bond motifs is 6. The summed E-state index contributed by atoms with van der Waals surface area (Å²) in [6.07, 6.45) is 0. The van der Waals surface area contributed by atoms with E-state index in [0.29, 0.717) is 0 Å². The maximum atomic E-state index is 2.39. The van der Waals surface area contributed by atoms with E-state index in [2.05, 4.69) is 298 Å². The first-order valence-corrected chi connectivity index (χ1v) is 23.9. The van der Waals surface area contributed by atoms with Crippen molar-refractivity contribution in [2.75, 3.05) is 9.80 Å². The lowest BCUT2D eigenvalue weighted by Gasteiger charge is -2.29. The molecule has 4 heteroatoms. The van der Waals surface area contributed by atoms with Gasteiger partial charge in [0.15, 0.2) is 0 Å². The summed E-state index contributed by atoms with van der Waals surface area (Å²) in [6, 6.07) is 101. The summed E-state index contributed by atoms with van der Waals surface area (Å²) in [5, 5.41) is 4.84. The third-order valence-corrected chi connectivity index (χ3v) is 13.7. The van der Waals surface area contributed by atoms with Crippen molar-refractivity contribution in [3.05, 3.63) is 279 Å². The molecule has 0 radical (unpaired) electrons. The Morgan fingerprint density at radius 2 is 0.471 bits per heavy atom. The molecule has 0 fully saturated rings. The van der Waals surface area contributed by atoms with Gasteiger partial charge in [-0.1, -0.05) is 158 Å². The SMILES string of the molecule is c1ccc(-c2ccc(N(c3ccc(N(c4ccc(-c5ccccc5)cc4)c4ccc5c(c4)c4ccccc4n5-c4ccccc4)cc3)c3ccc4c(c3)c3ccccc3n4-c3ccccc3)cc2)cc1. The quantitative estimate of drug-likeness (QED) is 0.136. The summed E-state index contributed by atoms with van der Waals surface area (Å²) in [7, 11) is 0. The van der Waals surface area contributed by atoms with Gasteiger partial charge in [0, 0.05) is 67.0 Å². The van der Waals surface area contributed by atoms with Crippen LogP contribution in [0.2, 0.25) is 0 Å². The first-order valence-electron chi connectivity index (χ1n) is 23.9. The molecule has 2 heterocycles. The third-order valence-electron chi connectivity index (χ3n) is 13.7. The molecule has 70 heavy (non-hydrogen) atoms. The lowest BCUT2D eigenvalue weighted by atomic mass is 10.0. The van der Waals surface area contributed by atoms with Crippen LogP contribution >= 0.6 is 0 Å². The van der Waals surface area contributed by atoms with Crippen LogP contribution in [0.1, 0.15) is 0 Å². The fourth-order valence-corrected chi connectivity index (χ4v) is 10.4. The molecule has 2 aromatic heterocycles. The minimum atomic E-state index is 1.06. The number of nitrogens with zero attached hydrogens (tertiary/aromatic N) is 4. The Labute approximate surface area is 407 Å². The molecule has 0 aliphatic carbocycles. The average molecular weight is 895 g/mol. The van der Waals surface area contributed by atoms with E-state index in [0.717, 1.165) is 45.5 Å². The lowest BCUT2D eigenvalue weighted by molar-refractivity contribution is 1.18. The highest BCUT2D eigenvalue weighted by molar-refractivity contribution is 6.12. The highest BCUT2D eigenvalue weighted by Gasteiger charge is 2.21. The smallest absolute Gasteiger partial charge is 0.0542 e. The molecule has 0 aliphatic rings. The van der Waals surface area contributed by atoms with Crippen LogP contribution in [0.5, 0.6) is 0 Å². The van der Waals surface area contributed by atoms with Gasteiger partial charge in [-0.25, -0.2) is 0 Å². The van der Waals surface area contributed by atoms with E-state index in [-0.39, 0.29) is 0 Å². The zero-order valence-corrected chi connectivity index (χ0v) is 38.3. The van der Waals surface area contributed by atoms with Gasteiger partial charge in [0.05, 0.1) is 22.1 Å². The Hall–Kier alpha value is -9.38. The molecular formula is C66H46N4. The van der Waals surface area contributed by atoms with Gasteiger partial charge in [-0.3, -0.25) is 0 Å². The summed E-state index contributed by atoms with van der Waals surface area (Å²) >= 11 is 0. The number of hydrogen-bond acceptors (Lipinski definition) is 2. The van der Waals surface area contributed by atoms with Crippen LogP contribution in [0.3, 0.4) is 0 Å². The van der Waals surface area contributed by atoms with E-state index >= 15 is 0 Å². The van der Waals surface area contributed by atoms with E-state index in [1.54, 1.807) is 0 Å². The van der Waals surface area contributed by atoms with E-state index in [1.807, 2.05) is 0 Å². The molecule has 0 spiro atoms. The van der Waals surface area contributed by atoms with Crippen LogP contribution in [-0.4, -0.2) is 9.13 Å². The Morgan fingerprint density at radius 3 is 0.843 bits per heavy atom. The minimum absolute atomic E-state index is 1.06. The number of aromatic nitrogens is 2. The van der Waals surface area contributed by atoms with Crippen molar-refractivity contribution in [1.82, 2.24) is 9.13 Å². The van der Waals surface area contributed by atoms with E-state index in [4.69, 9.17) is 0 Å². The molecule has 0 N–H and O–H groups in total. The predicted molar refractivity (Wildman–Crippen MR) is 295 cm³/mol. The Morgan fingerprint density at radius 1 is 0.200 bits per heavy atom. The first kappa shape index (κ1) is 40.9. The van der Waals surface area contributed by atoms with Gasteiger partial charge in [-0.2, -0.15) is 0 Å². The summed E-state index contributed by atoms with van der Waals surface area (Å²) in [4.78, 5) is 4.77. The zero-order chi connectivity index (χ0) is 46.4. The van der Waals surface area contributed by atoms with Crippen LogP contribution in [-0.2, 0) is 0 Å². The maximum absolute atomic E-state index is 2.39. The van der Waals surface area contributed by atoms with Gasteiger partial charge in [-0.15, -0.1) is 0 Å². The van der Waals surface area contributed by atoms with Crippen molar-refractivity contribution in [2.24, 2.45) is 0 Å². The van der Waals surface area contributed by atoms with Crippen molar-refractivity contribution >= 4 is 77.7 Å². The monoisotopic (exact) mass is 894 g/mol. The van der Waals surface area contributed by atoms with Crippen LogP contribution in [0, 0.1) is 0 Å². The van der Waals surface area contributed by atoms with Crippen molar-refractivity contribution in [1.29, 1.82) is 0 Å². The summed E-state index contributed by atoms with van der Waals surface area (Å²) < 4.78 is 4.75. The Balaban J connectivity index is 0.960. The third kappa shape index (κ3) is 7.18. The van der Waals surface area contributed by atoms with Crippen LogP contribution in [0.25, 0.3) is 77.2 Å². The van der Waals surface area contributed by atoms with Crippen molar-refractivity contribution < 1.29 is 0 Å². The molecule has 0 amide bonds. The van der Waals surface area contributed by atoms with Crippen LogP contribution < -0.4 is 9.80 Å². The largest absolute Gasteiger partial charge is 0.310 e. The molecule has 0 saturated heterocycles. The molecule has 13 aromatic rings. The number of para-hydroxylation sites is 4. The highest BCUT2D eigenvalue weighted by Crippen LogP contribution is 2.44. The number of hydrogen-bond donors (Lipinski definition) is 0. The fourth-order valence-electron chi connectivity index (χ4n) is 10.4. The second kappa shape index (κ2) is 17.4. The van der Waals surface area contributed by atoms with Gasteiger partial charge >= 0.3 is 0 Å². The fraction of sp³-hybridized carbons (Fsp3) is 0. The summed E-state index contributed by atoms with van der Waals surface area (Å²) in [5.74, 6) is 0. The Kier molecular flexibility index (Phi) is 10.1. The zero-order valence-electron chi connectivity index (χ0n) is 38.3. The van der Waals surface area contributed by atoms with Crippen LogP contribution in [0.15, 0.2) is 279 Å². The van der Waals surface area contributed by atoms with Crippen molar-refractivity contribution in [3.8, 4) is 33.6 Å². The second-order valence-electron chi connectivity index (χ2n) is 17.8. The van der Waals surface area contributed by atoms with Gasteiger partial charge in [0.2, 0.25) is 0 Å². The second-order valence-corrected chi connectivity index (χ2v) is 17.8. The molecule has 4 nitrogen and oxygen atoms in total. The van der Waals surface area contributed by atoms with Gasteiger partial charge in [-0.05, 0) is 144 Å². The molecule has 0 atom stereocenters. The molecule has 0 aliphatic heterocycles. The van der Waals surface area contributed by atoms with Gasteiger partial charge < -0.3 is 18.9 Å². The molecule has 0 unspecified atom stereocenters. The number of anilines is 6. The van der Waals surface area contributed by atoms with E-state index in [1.165, 1.54) is 65.9 Å². The molecule has 0 bridgehead atoms. The first-order chi connectivity index (χ1) is 34.7. The summed E-state index contributed by atoms with van der Waals surface area (Å²) in [5.41, 5.74) is 18.2. The minimum Gasteiger partial charge on any atom is -0.310 e. The maximum Gasteiger partial charge on any atom is 0.0542 e. The number of benzene rings is 11. The average Bonchev–Trinajstić information content (AvgIpc) is 3.95. The van der Waals surface area contributed by atoms with Crippen molar-refractivity contribution in [3.63, 3.8) is 0 Å². The summed E-state index contributed by atoms with van der Waals surface area (Å²) in [6.45, 7) is 0. The van der Waals surface area contributed by atoms with E-state index in [9.17, 15) is 0 Å². The standard InChI is InChI=1S/C66H46N4/c1-5-17-47(18-6-1)49-29-33-53(34-30-49)67(57-41-43-65-61(45-57)59-25-13-15-27-63(59)69(65)51-21-9-3-10-22-51)55-37-39-56(40-38-55)68(54-35-31-50(32-36-54)48-19-7-2-8-20-48)58-42-44-66-62(46-58)60-26-14-16-28-64(60)70(66)52-23-11-4-12-24-52/h1-46H. The molecule has 13 rings (SSSR count). The lowest BCUT2D eigenvalue weighted by Crippen LogP contribution is -2.12. The van der Waals surface area contributed by atoms with Gasteiger partial charge in [0.1, 0.15) is 0 Å². The van der Waals surface area contributed by atoms with E-state index < -0.39 is 0 Å².